The van der Waals surface area contributed by atoms with Crippen molar-refractivity contribution in [3.05, 3.63) is 23.3 Å². The Morgan fingerprint density at radius 1 is 1.80 bits per heavy atom. The van der Waals surface area contributed by atoms with Gasteiger partial charge in [0.15, 0.2) is 0 Å². The van der Waals surface area contributed by atoms with Gasteiger partial charge in [-0.2, -0.15) is 0 Å². The molecule has 0 unspecified atom stereocenters. The van der Waals surface area contributed by atoms with E-state index >= 15 is 0 Å². The van der Waals surface area contributed by atoms with E-state index in [0.717, 1.165) is 0 Å². The fourth-order valence-electron chi connectivity index (χ4n) is 0.489. The highest BCUT2D eigenvalue weighted by molar-refractivity contribution is 8.00. The van der Waals surface area contributed by atoms with Crippen LogP contribution in [-0.4, -0.2) is 11.1 Å². The van der Waals surface area contributed by atoms with Crippen LogP contribution in [0.2, 0.25) is 0 Å². The predicted octanol–water partition coefficient (Wildman–Crippen LogP) is 0.141. The van der Waals surface area contributed by atoms with Crippen molar-refractivity contribution in [3.63, 3.8) is 0 Å². The molecule has 0 aromatic carbocycles. The zero-order valence-electron chi connectivity index (χ0n) is 5.00. The van der Waals surface area contributed by atoms with Crippen LogP contribution in [0.5, 0.6) is 0 Å². The Morgan fingerprint density at radius 2 is 2.60 bits per heavy atom. The molecule has 0 fully saturated rings. The van der Waals surface area contributed by atoms with Crippen LogP contribution in [0.3, 0.4) is 0 Å². The minimum absolute atomic E-state index is 0.343. The largest absolute Gasteiger partial charge is 0.321 e. The molecule has 0 aliphatic carbocycles. The first-order valence-electron chi connectivity index (χ1n) is 2.57. The molecule has 5 heteroatoms. The summed E-state index contributed by atoms with van der Waals surface area (Å²) >= 11 is 1.28. The molecule has 10 heavy (non-hydrogen) atoms. The molecule has 0 spiro atoms. The lowest BCUT2D eigenvalue weighted by atomic mass is 10.4. The number of carbonyl (C=O) groups excluding carboxylic acids is 1. The first kappa shape index (κ1) is 7.17. The van der Waals surface area contributed by atoms with Gasteiger partial charge in [0.2, 0.25) is 0 Å². The van der Waals surface area contributed by atoms with E-state index in [9.17, 15) is 4.79 Å². The number of rotatable bonds is 1. The molecule has 0 aromatic heterocycles. The van der Waals surface area contributed by atoms with Crippen molar-refractivity contribution < 1.29 is 10.0 Å². The van der Waals surface area contributed by atoms with Gasteiger partial charge in [0.05, 0.1) is 0 Å². The molecule has 0 aromatic rings. The summed E-state index contributed by atoms with van der Waals surface area (Å²) in [6.45, 7) is 0. The van der Waals surface area contributed by atoms with Crippen molar-refractivity contribution in [1.82, 2.24) is 10.2 Å². The normalized spacial score (nSPS) is 15.5. The highest BCUT2D eigenvalue weighted by Crippen LogP contribution is 2.07. The summed E-state index contributed by atoms with van der Waals surface area (Å²) in [6.07, 6.45) is 3.29. The third-order valence-corrected chi connectivity index (χ3v) is 1.56. The van der Waals surface area contributed by atoms with Crippen LogP contribution in [-0.2, 0) is 4.79 Å². The molecule has 0 saturated heterocycles. The summed E-state index contributed by atoms with van der Waals surface area (Å²) in [6, 6.07) is 0. The quantitative estimate of drug-likeness (QED) is 0.288. The number of allylic oxidation sites excluding steroid dienone is 2. The van der Waals surface area contributed by atoms with E-state index < -0.39 is 5.91 Å². The first-order chi connectivity index (χ1) is 4.84. The third kappa shape index (κ3) is 1.52. The van der Waals surface area contributed by atoms with E-state index in [-0.39, 0.29) is 0 Å². The summed E-state index contributed by atoms with van der Waals surface area (Å²) in [7, 11) is 0. The smallest absolute Gasteiger partial charge is 0.291 e. The molecule has 0 atom stereocenters. The van der Waals surface area contributed by atoms with Crippen LogP contribution in [0.25, 0.3) is 0 Å². The van der Waals surface area contributed by atoms with Crippen LogP contribution < -0.4 is 10.2 Å². The Labute approximate surface area is 62.1 Å². The van der Waals surface area contributed by atoms with E-state index in [1.807, 2.05) is 0 Å². The van der Waals surface area contributed by atoms with Gasteiger partial charge in [0, 0.05) is 0 Å². The number of hydrogen-bond donors (Lipinski definition) is 3. The van der Waals surface area contributed by atoms with Crippen molar-refractivity contribution in [1.29, 1.82) is 0 Å². The molecule has 1 amide bonds. The van der Waals surface area contributed by atoms with Crippen LogP contribution in [0.15, 0.2) is 23.3 Å². The molecule has 0 bridgehead atoms. The molecule has 4 nitrogen and oxygen atoms in total. The van der Waals surface area contributed by atoms with Crippen LogP contribution in [0.4, 0.5) is 0 Å². The second-order valence-electron chi connectivity index (χ2n) is 1.57. The molecule has 54 valence electrons. The topological polar surface area (TPSA) is 61.4 Å². The zero-order chi connectivity index (χ0) is 7.40. The maximum atomic E-state index is 10.6. The van der Waals surface area contributed by atoms with Gasteiger partial charge < -0.3 is 4.72 Å². The van der Waals surface area contributed by atoms with Crippen molar-refractivity contribution >= 4 is 17.9 Å². The van der Waals surface area contributed by atoms with Gasteiger partial charge in [-0.05, 0) is 23.4 Å². The number of nitrogens with one attached hydrogen (secondary N) is 2. The fourth-order valence-corrected chi connectivity index (χ4v) is 1.00. The number of hydroxylamine groups is 1. The molecule has 1 heterocycles. The Kier molecular flexibility index (Phi) is 2.35. The SMILES string of the molecule is O=C(NO)C1=CC=CSN1. The standard InChI is InChI=1S/C5H6N2O2S/c8-5(6-9)4-2-1-3-10-7-4/h1-3,7,9H,(H,6,8). The van der Waals surface area contributed by atoms with Gasteiger partial charge in [0.1, 0.15) is 5.70 Å². The van der Waals surface area contributed by atoms with Crippen molar-refractivity contribution in [2.24, 2.45) is 0 Å². The van der Waals surface area contributed by atoms with Gasteiger partial charge in [-0.3, -0.25) is 10.0 Å². The number of hydrogen-bond acceptors (Lipinski definition) is 4. The van der Waals surface area contributed by atoms with Gasteiger partial charge in [-0.1, -0.05) is 6.08 Å². The minimum Gasteiger partial charge on any atom is -0.321 e. The molecular formula is C5H6N2O2S. The van der Waals surface area contributed by atoms with Gasteiger partial charge in [-0.25, -0.2) is 5.48 Å². The third-order valence-electron chi connectivity index (χ3n) is 0.925. The maximum Gasteiger partial charge on any atom is 0.291 e. The molecule has 1 aliphatic rings. The highest BCUT2D eigenvalue weighted by atomic mass is 32.2. The molecule has 1 aliphatic heterocycles. The second-order valence-corrected chi connectivity index (χ2v) is 2.28. The summed E-state index contributed by atoms with van der Waals surface area (Å²) in [5, 5.41) is 9.96. The average molecular weight is 158 g/mol. The number of carbonyl (C=O) groups is 1. The monoisotopic (exact) mass is 158 g/mol. The Morgan fingerprint density at radius 3 is 3.10 bits per heavy atom. The summed E-state index contributed by atoms with van der Waals surface area (Å²) in [4.78, 5) is 10.6. The van der Waals surface area contributed by atoms with E-state index in [1.165, 1.54) is 17.4 Å². The van der Waals surface area contributed by atoms with E-state index in [2.05, 4.69) is 4.72 Å². The van der Waals surface area contributed by atoms with Crippen LogP contribution in [0, 0.1) is 0 Å². The van der Waals surface area contributed by atoms with Crippen LogP contribution in [0.1, 0.15) is 0 Å². The lowest BCUT2D eigenvalue weighted by molar-refractivity contribution is -0.125. The average Bonchev–Trinajstić information content (AvgIpc) is 2.05. The highest BCUT2D eigenvalue weighted by Gasteiger charge is 2.07. The second kappa shape index (κ2) is 3.28. The lowest BCUT2D eigenvalue weighted by Gasteiger charge is -2.07. The van der Waals surface area contributed by atoms with E-state index in [0.29, 0.717) is 5.70 Å². The molecular weight excluding hydrogens is 152 g/mol. The van der Waals surface area contributed by atoms with E-state index in [1.54, 1.807) is 17.6 Å². The summed E-state index contributed by atoms with van der Waals surface area (Å²) in [5.74, 6) is -0.531. The Hall–Kier alpha value is -0.940. The summed E-state index contributed by atoms with van der Waals surface area (Å²) in [5.41, 5.74) is 1.86. The van der Waals surface area contributed by atoms with Crippen LogP contribution >= 0.6 is 11.9 Å². The first-order valence-corrected chi connectivity index (χ1v) is 3.45. The van der Waals surface area contributed by atoms with Gasteiger partial charge in [0.25, 0.3) is 5.91 Å². The number of amides is 1. The van der Waals surface area contributed by atoms with Gasteiger partial charge in [-0.15, -0.1) is 0 Å². The Balaban J connectivity index is 2.62. The lowest BCUT2D eigenvalue weighted by Crippen LogP contribution is -2.26. The predicted molar refractivity (Wildman–Crippen MR) is 37.9 cm³/mol. The minimum atomic E-state index is -0.531. The fraction of sp³-hybridized carbons (Fsp3) is 0. The maximum absolute atomic E-state index is 10.6. The molecule has 3 N–H and O–H groups in total. The van der Waals surface area contributed by atoms with Crippen molar-refractivity contribution in [2.45, 2.75) is 0 Å². The van der Waals surface area contributed by atoms with E-state index in [4.69, 9.17) is 5.21 Å². The zero-order valence-corrected chi connectivity index (χ0v) is 5.81. The molecule has 1 rings (SSSR count). The Bertz CT molecular complexity index is 200. The van der Waals surface area contributed by atoms with Crippen molar-refractivity contribution in [2.75, 3.05) is 0 Å². The van der Waals surface area contributed by atoms with Crippen molar-refractivity contribution in [3.8, 4) is 0 Å². The summed E-state index contributed by atoms with van der Waals surface area (Å²) < 4.78 is 2.69. The van der Waals surface area contributed by atoms with Gasteiger partial charge >= 0.3 is 0 Å². The molecule has 0 radical (unpaired) electrons. The molecule has 0 saturated carbocycles.